The zero-order valence-electron chi connectivity index (χ0n) is 22.2. The molecule has 1 atom stereocenters. The van der Waals surface area contributed by atoms with Gasteiger partial charge in [-0.05, 0) is 44.9 Å². The first-order chi connectivity index (χ1) is 19.1. The third kappa shape index (κ3) is 3.52. The van der Waals surface area contributed by atoms with Crippen molar-refractivity contribution < 1.29 is 14.3 Å². The van der Waals surface area contributed by atoms with Crippen LogP contribution < -0.4 is 14.5 Å². The summed E-state index contributed by atoms with van der Waals surface area (Å²) in [7, 11) is 0. The zero-order chi connectivity index (χ0) is 26.6. The fraction of sp³-hybridized carbons (Fsp3) is 0.281. The van der Waals surface area contributed by atoms with Crippen molar-refractivity contribution in [1.29, 1.82) is 0 Å². The Labute approximate surface area is 228 Å². The van der Waals surface area contributed by atoms with Crippen LogP contribution in [0.3, 0.4) is 0 Å². The van der Waals surface area contributed by atoms with Gasteiger partial charge < -0.3 is 19.3 Å². The summed E-state index contributed by atoms with van der Waals surface area (Å²) in [5, 5.41) is 0. The lowest BCUT2D eigenvalue weighted by molar-refractivity contribution is 0.0222. The van der Waals surface area contributed by atoms with Gasteiger partial charge in [0.05, 0.1) is 16.8 Å². The Kier molecular flexibility index (Phi) is 5.54. The minimum Gasteiger partial charge on any atom is -0.440 e. The molecule has 4 heterocycles. The van der Waals surface area contributed by atoms with Crippen LogP contribution in [0.4, 0.5) is 11.6 Å². The number of carbonyl (C=O) groups is 1. The van der Waals surface area contributed by atoms with Crippen molar-refractivity contribution in [2.45, 2.75) is 32.3 Å². The summed E-state index contributed by atoms with van der Waals surface area (Å²) in [6, 6.07) is 23.8. The van der Waals surface area contributed by atoms with E-state index in [0.29, 0.717) is 34.4 Å². The highest BCUT2D eigenvalue weighted by Gasteiger charge is 2.56. The van der Waals surface area contributed by atoms with Gasteiger partial charge in [-0.2, -0.15) is 4.98 Å². The summed E-state index contributed by atoms with van der Waals surface area (Å²) in [5.74, 6) is 1.35. The topological polar surface area (TPSA) is 67.8 Å². The van der Waals surface area contributed by atoms with Crippen LogP contribution in [0.5, 0.6) is 11.6 Å². The predicted molar refractivity (Wildman–Crippen MR) is 151 cm³/mol. The third-order valence-corrected chi connectivity index (χ3v) is 8.10. The van der Waals surface area contributed by atoms with Crippen LogP contribution in [0.1, 0.15) is 53.7 Å². The standard InChI is InChI=1S/C32H30N4O3/c1-3-35(4-2)22-16-17-25-26(20-22)38-29-27(32(25)24-15-9-8-14-23(24)30(37)39-32)28(21-12-6-5-7-13-21)33-31(34-29)36-18-10-11-19-36/h5-9,12-17,20H,3-4,10-11,18-19H2,1-2H3. The Morgan fingerprint density at radius 3 is 2.41 bits per heavy atom. The van der Waals surface area contributed by atoms with E-state index in [9.17, 15) is 4.79 Å². The molecule has 39 heavy (non-hydrogen) atoms. The van der Waals surface area contributed by atoms with Crippen molar-refractivity contribution in [2.24, 2.45) is 0 Å². The molecule has 1 saturated heterocycles. The van der Waals surface area contributed by atoms with E-state index in [4.69, 9.17) is 19.4 Å². The average molecular weight is 519 g/mol. The van der Waals surface area contributed by atoms with E-state index in [-0.39, 0.29) is 5.97 Å². The molecule has 0 N–H and O–H groups in total. The maximum atomic E-state index is 13.4. The van der Waals surface area contributed by atoms with Crippen molar-refractivity contribution in [3.63, 3.8) is 0 Å². The number of hydrogen-bond acceptors (Lipinski definition) is 7. The van der Waals surface area contributed by atoms with Crippen LogP contribution >= 0.6 is 0 Å². The van der Waals surface area contributed by atoms with Gasteiger partial charge in [0, 0.05) is 54.6 Å². The second-order valence-electron chi connectivity index (χ2n) is 10.2. The lowest BCUT2D eigenvalue weighted by Gasteiger charge is -2.38. The number of benzene rings is 3. The minimum atomic E-state index is -1.23. The van der Waals surface area contributed by atoms with Gasteiger partial charge in [0.15, 0.2) is 5.60 Å². The molecule has 1 unspecified atom stereocenters. The molecule has 4 aromatic rings. The normalized spacial score (nSPS) is 18.8. The van der Waals surface area contributed by atoms with Crippen molar-refractivity contribution in [2.75, 3.05) is 36.0 Å². The van der Waals surface area contributed by atoms with E-state index in [1.807, 2.05) is 66.7 Å². The number of rotatable bonds is 5. The van der Waals surface area contributed by atoms with Gasteiger partial charge in [-0.3, -0.25) is 0 Å². The number of anilines is 2. The number of esters is 1. The lowest BCUT2D eigenvalue weighted by atomic mass is 9.77. The average Bonchev–Trinajstić information content (AvgIpc) is 3.62. The maximum absolute atomic E-state index is 13.4. The predicted octanol–water partition coefficient (Wildman–Crippen LogP) is 6.16. The molecule has 0 amide bonds. The summed E-state index contributed by atoms with van der Waals surface area (Å²) in [5.41, 5.74) is 4.23. The smallest absolute Gasteiger partial charge is 0.340 e. The lowest BCUT2D eigenvalue weighted by Crippen LogP contribution is -2.35. The molecule has 1 fully saturated rings. The molecular weight excluding hydrogens is 488 g/mol. The number of fused-ring (bicyclic) bond motifs is 6. The molecular formula is C32H30N4O3. The van der Waals surface area contributed by atoms with Crippen LogP contribution in [0.25, 0.3) is 11.3 Å². The SMILES string of the molecule is CCN(CC)c1ccc2c(c1)Oc1nc(N3CCCC3)nc(-c3ccccc3)c1C21OC(=O)c2ccccc21. The second kappa shape index (κ2) is 9.12. The monoisotopic (exact) mass is 518 g/mol. The number of hydrogen-bond donors (Lipinski definition) is 0. The Bertz CT molecular complexity index is 1580. The largest absolute Gasteiger partial charge is 0.440 e. The molecule has 7 heteroatoms. The Balaban J connectivity index is 1.55. The third-order valence-electron chi connectivity index (χ3n) is 8.10. The van der Waals surface area contributed by atoms with Gasteiger partial charge in [-0.15, -0.1) is 0 Å². The van der Waals surface area contributed by atoms with Crippen molar-refractivity contribution in [3.05, 3.63) is 95.1 Å². The first-order valence-electron chi connectivity index (χ1n) is 13.8. The highest BCUT2D eigenvalue weighted by atomic mass is 16.6. The Morgan fingerprint density at radius 1 is 0.897 bits per heavy atom. The number of ether oxygens (including phenoxy) is 2. The van der Waals surface area contributed by atoms with Gasteiger partial charge in [-0.1, -0.05) is 48.5 Å². The first-order valence-corrected chi connectivity index (χ1v) is 13.8. The van der Waals surface area contributed by atoms with Crippen molar-refractivity contribution in [3.8, 4) is 22.9 Å². The Morgan fingerprint density at radius 2 is 1.64 bits per heavy atom. The second-order valence-corrected chi connectivity index (χ2v) is 10.2. The molecule has 0 bridgehead atoms. The molecule has 196 valence electrons. The number of aromatic nitrogens is 2. The summed E-state index contributed by atoms with van der Waals surface area (Å²) in [6.07, 6.45) is 2.21. The van der Waals surface area contributed by atoms with Crippen molar-refractivity contribution in [1.82, 2.24) is 9.97 Å². The zero-order valence-corrected chi connectivity index (χ0v) is 22.2. The summed E-state index contributed by atoms with van der Waals surface area (Å²) < 4.78 is 13.1. The van der Waals surface area contributed by atoms with Crippen LogP contribution in [0.15, 0.2) is 72.8 Å². The fourth-order valence-electron chi connectivity index (χ4n) is 6.20. The van der Waals surface area contributed by atoms with Crippen molar-refractivity contribution >= 4 is 17.6 Å². The van der Waals surface area contributed by atoms with E-state index in [1.165, 1.54) is 0 Å². The molecule has 3 aliphatic rings. The number of carbonyl (C=O) groups excluding carboxylic acids is 1. The summed E-state index contributed by atoms with van der Waals surface area (Å²) >= 11 is 0. The molecule has 3 aromatic carbocycles. The Hall–Kier alpha value is -4.39. The molecule has 7 rings (SSSR count). The maximum Gasteiger partial charge on any atom is 0.340 e. The van der Waals surface area contributed by atoms with Crippen LogP contribution in [-0.4, -0.2) is 42.1 Å². The number of nitrogens with zero attached hydrogens (tertiary/aromatic N) is 4. The van der Waals surface area contributed by atoms with Gasteiger partial charge in [0.2, 0.25) is 11.8 Å². The molecule has 3 aliphatic heterocycles. The fourth-order valence-corrected chi connectivity index (χ4v) is 6.20. The summed E-state index contributed by atoms with van der Waals surface area (Å²) in [6.45, 7) is 7.81. The van der Waals surface area contributed by atoms with Crippen LogP contribution in [0.2, 0.25) is 0 Å². The van der Waals surface area contributed by atoms with E-state index < -0.39 is 5.60 Å². The van der Waals surface area contributed by atoms with Gasteiger partial charge in [0.25, 0.3) is 0 Å². The van der Waals surface area contributed by atoms with E-state index in [2.05, 4.69) is 29.7 Å². The molecule has 1 aromatic heterocycles. The van der Waals surface area contributed by atoms with Crippen LogP contribution in [0, 0.1) is 0 Å². The van der Waals surface area contributed by atoms with E-state index in [1.54, 1.807) is 0 Å². The van der Waals surface area contributed by atoms with E-state index in [0.717, 1.165) is 61.4 Å². The van der Waals surface area contributed by atoms with Crippen LogP contribution in [-0.2, 0) is 10.3 Å². The molecule has 0 saturated carbocycles. The molecule has 0 aliphatic carbocycles. The first kappa shape index (κ1) is 23.7. The van der Waals surface area contributed by atoms with Gasteiger partial charge in [0.1, 0.15) is 5.75 Å². The van der Waals surface area contributed by atoms with Gasteiger partial charge in [-0.25, -0.2) is 9.78 Å². The highest BCUT2D eigenvalue weighted by molar-refractivity contribution is 5.97. The quantitative estimate of drug-likeness (QED) is 0.293. The highest BCUT2D eigenvalue weighted by Crippen LogP contribution is 2.58. The molecule has 0 radical (unpaired) electrons. The minimum absolute atomic E-state index is 0.361. The van der Waals surface area contributed by atoms with Gasteiger partial charge >= 0.3 is 5.97 Å². The summed E-state index contributed by atoms with van der Waals surface area (Å²) in [4.78, 5) is 28.0. The van der Waals surface area contributed by atoms with E-state index >= 15 is 0 Å². The molecule has 1 spiro atoms. The molecule has 7 nitrogen and oxygen atoms in total.